The summed E-state index contributed by atoms with van der Waals surface area (Å²) in [5.74, 6) is 0.755. The van der Waals surface area contributed by atoms with Crippen molar-refractivity contribution in [3.63, 3.8) is 0 Å². The molecule has 0 amide bonds. The van der Waals surface area contributed by atoms with Crippen molar-refractivity contribution in [1.82, 2.24) is 9.97 Å². The van der Waals surface area contributed by atoms with E-state index < -0.39 is 0 Å². The minimum absolute atomic E-state index is 0.126. The molecule has 8 aromatic rings. The summed E-state index contributed by atoms with van der Waals surface area (Å²) in [6, 6.07) is 53.1. The fourth-order valence-electron chi connectivity index (χ4n) is 8.67. The number of hydrogen-bond acceptors (Lipinski definition) is 3. The molecule has 1 fully saturated rings. The highest BCUT2D eigenvalue weighted by molar-refractivity contribution is 7.26. The molecule has 2 nitrogen and oxygen atoms in total. The van der Waals surface area contributed by atoms with Crippen molar-refractivity contribution in [1.29, 1.82) is 0 Å². The van der Waals surface area contributed by atoms with E-state index in [0.717, 1.165) is 32.9 Å². The van der Waals surface area contributed by atoms with Crippen molar-refractivity contribution in [2.24, 2.45) is 0 Å². The van der Waals surface area contributed by atoms with E-state index in [4.69, 9.17) is 9.97 Å². The summed E-state index contributed by atoms with van der Waals surface area (Å²) in [5, 5.41) is 1.18. The zero-order valence-corrected chi connectivity index (χ0v) is 28.0. The molecule has 0 atom stereocenters. The molecule has 0 unspecified atom stereocenters. The number of aromatic nitrogens is 2. The van der Waals surface area contributed by atoms with E-state index in [1.165, 1.54) is 81.1 Å². The highest BCUT2D eigenvalue weighted by atomic mass is 32.1. The van der Waals surface area contributed by atoms with E-state index >= 15 is 0 Å². The van der Waals surface area contributed by atoms with E-state index in [1.807, 2.05) is 0 Å². The van der Waals surface area contributed by atoms with Gasteiger partial charge < -0.3 is 0 Å². The highest BCUT2D eigenvalue weighted by Gasteiger charge is 2.45. The first-order valence-corrected chi connectivity index (χ1v) is 18.3. The number of nitrogens with zero attached hydrogens (tertiary/aromatic N) is 2. The first kappa shape index (κ1) is 28.6. The summed E-state index contributed by atoms with van der Waals surface area (Å²) in [7, 11) is 0. The lowest BCUT2D eigenvalue weighted by atomic mass is 9.66. The van der Waals surface area contributed by atoms with Crippen LogP contribution in [0.25, 0.3) is 76.3 Å². The van der Waals surface area contributed by atoms with Crippen LogP contribution in [0, 0.1) is 0 Å². The van der Waals surface area contributed by atoms with Crippen LogP contribution in [0.3, 0.4) is 0 Å². The molecule has 49 heavy (non-hydrogen) atoms. The van der Waals surface area contributed by atoms with Gasteiger partial charge in [-0.25, -0.2) is 9.97 Å². The molecule has 0 radical (unpaired) electrons. The molecule has 0 saturated heterocycles. The van der Waals surface area contributed by atoms with Crippen molar-refractivity contribution >= 4 is 31.6 Å². The zero-order chi connectivity index (χ0) is 32.4. The quantitative estimate of drug-likeness (QED) is 0.190. The minimum Gasteiger partial charge on any atom is -0.226 e. The summed E-state index contributed by atoms with van der Waals surface area (Å²) < 4.78 is 2.37. The molecule has 234 valence electrons. The predicted octanol–water partition coefficient (Wildman–Crippen LogP) is 12.7. The molecule has 3 heteroatoms. The van der Waals surface area contributed by atoms with Crippen LogP contribution < -0.4 is 0 Å². The Bertz CT molecular complexity index is 2520. The average Bonchev–Trinajstić information content (AvgIpc) is 3.69. The topological polar surface area (TPSA) is 25.8 Å². The second kappa shape index (κ2) is 11.4. The second-order valence-electron chi connectivity index (χ2n) is 13.6. The molecule has 0 bridgehead atoms. The van der Waals surface area contributed by atoms with E-state index in [2.05, 4.69) is 146 Å². The van der Waals surface area contributed by atoms with Gasteiger partial charge in [-0.05, 0) is 69.5 Å². The number of benzene rings is 6. The van der Waals surface area contributed by atoms with Gasteiger partial charge in [0.2, 0.25) is 0 Å². The molecular formula is C46H34N2S. The molecular weight excluding hydrogens is 613 g/mol. The van der Waals surface area contributed by atoms with Crippen LogP contribution in [0.15, 0.2) is 146 Å². The van der Waals surface area contributed by atoms with Crippen LogP contribution in [0.4, 0.5) is 0 Å². The number of thiophene rings is 1. The fourth-order valence-corrected chi connectivity index (χ4v) is 9.82. The Labute approximate surface area is 290 Å². The van der Waals surface area contributed by atoms with Gasteiger partial charge in [-0.2, -0.15) is 0 Å². The van der Waals surface area contributed by atoms with Crippen LogP contribution in [-0.4, -0.2) is 9.97 Å². The molecule has 2 aliphatic carbocycles. The SMILES string of the molecule is c1ccc(-c2nc(-c3cccc(-c4ccc(-c5cccc6c5C5(CCCCC5)c5ccccc5-6)cc4)c3)nc3c2sc2ccccc23)cc1. The van der Waals surface area contributed by atoms with Gasteiger partial charge >= 0.3 is 0 Å². The largest absolute Gasteiger partial charge is 0.226 e. The molecule has 6 aromatic carbocycles. The maximum atomic E-state index is 5.22. The predicted molar refractivity (Wildman–Crippen MR) is 206 cm³/mol. The van der Waals surface area contributed by atoms with E-state index in [-0.39, 0.29) is 5.41 Å². The molecule has 1 saturated carbocycles. The van der Waals surface area contributed by atoms with Gasteiger partial charge in [0.1, 0.15) is 0 Å². The summed E-state index contributed by atoms with van der Waals surface area (Å²) in [6.45, 7) is 0. The Balaban J connectivity index is 1.05. The number of hydrogen-bond donors (Lipinski definition) is 0. The van der Waals surface area contributed by atoms with Crippen molar-refractivity contribution in [3.8, 4) is 56.0 Å². The first-order valence-electron chi connectivity index (χ1n) is 17.5. The molecule has 2 aliphatic rings. The molecule has 0 N–H and O–H groups in total. The van der Waals surface area contributed by atoms with Gasteiger partial charge in [-0.3, -0.25) is 0 Å². The Morgan fingerprint density at radius 1 is 0.490 bits per heavy atom. The van der Waals surface area contributed by atoms with Crippen molar-refractivity contribution < 1.29 is 0 Å². The maximum absolute atomic E-state index is 5.22. The van der Waals surface area contributed by atoms with Crippen molar-refractivity contribution in [2.75, 3.05) is 0 Å². The van der Waals surface area contributed by atoms with E-state index in [1.54, 1.807) is 16.9 Å². The Morgan fingerprint density at radius 3 is 2.04 bits per heavy atom. The average molecular weight is 647 g/mol. The molecule has 2 heterocycles. The monoisotopic (exact) mass is 646 g/mol. The van der Waals surface area contributed by atoms with Crippen LogP contribution in [0.1, 0.15) is 43.2 Å². The lowest BCUT2D eigenvalue weighted by Crippen LogP contribution is -2.28. The van der Waals surface area contributed by atoms with Crippen LogP contribution >= 0.6 is 11.3 Å². The van der Waals surface area contributed by atoms with E-state index in [0.29, 0.717) is 0 Å². The first-order chi connectivity index (χ1) is 24.3. The minimum atomic E-state index is 0.126. The van der Waals surface area contributed by atoms with Gasteiger partial charge in [0.15, 0.2) is 5.82 Å². The molecule has 1 spiro atoms. The van der Waals surface area contributed by atoms with Gasteiger partial charge in [0.25, 0.3) is 0 Å². The van der Waals surface area contributed by atoms with Gasteiger partial charge in [0.05, 0.1) is 15.9 Å². The number of fused-ring (bicyclic) bond motifs is 8. The fraction of sp³-hybridized carbons (Fsp3) is 0.130. The zero-order valence-electron chi connectivity index (χ0n) is 27.2. The molecule has 10 rings (SSSR count). The summed E-state index contributed by atoms with van der Waals surface area (Å²) >= 11 is 1.77. The lowest BCUT2D eigenvalue weighted by molar-refractivity contribution is 0.353. The third kappa shape index (κ3) is 4.53. The molecule has 0 aliphatic heterocycles. The Kier molecular flexibility index (Phi) is 6.63. The summed E-state index contributed by atoms with van der Waals surface area (Å²) in [6.07, 6.45) is 6.40. The lowest BCUT2D eigenvalue weighted by Gasteiger charge is -2.37. The van der Waals surface area contributed by atoms with Crippen molar-refractivity contribution in [3.05, 3.63) is 157 Å². The smallest absolute Gasteiger partial charge is 0.160 e. The highest BCUT2D eigenvalue weighted by Crippen LogP contribution is 2.58. The van der Waals surface area contributed by atoms with Crippen molar-refractivity contribution in [2.45, 2.75) is 37.5 Å². The summed E-state index contributed by atoms with van der Waals surface area (Å²) in [4.78, 5) is 10.4. The van der Waals surface area contributed by atoms with Crippen LogP contribution in [0.5, 0.6) is 0 Å². The standard InChI is InChI=1S/C46H34N2S/c1-3-13-32(14-4-1)42-44-43(38-18-6-8-22-40(38)49-44)48-45(47-42)34-16-11-15-33(29-34)30-23-25-31(26-24-30)35-19-12-20-37-36-17-5-7-21-39(36)46(41(35)37)27-9-2-10-28-46/h1,3-8,11-26,29H,2,9-10,27-28H2. The Hall–Kier alpha value is -5.38. The van der Waals surface area contributed by atoms with Gasteiger partial charge in [-0.1, -0.05) is 153 Å². The summed E-state index contributed by atoms with van der Waals surface area (Å²) in [5.41, 5.74) is 15.3. The van der Waals surface area contributed by atoms with E-state index in [9.17, 15) is 0 Å². The Morgan fingerprint density at radius 2 is 1.16 bits per heavy atom. The van der Waals surface area contributed by atoms with Crippen LogP contribution in [-0.2, 0) is 5.41 Å². The van der Waals surface area contributed by atoms with Gasteiger partial charge in [0, 0.05) is 26.6 Å². The maximum Gasteiger partial charge on any atom is 0.160 e. The van der Waals surface area contributed by atoms with Crippen LogP contribution in [0.2, 0.25) is 0 Å². The van der Waals surface area contributed by atoms with Gasteiger partial charge in [-0.15, -0.1) is 11.3 Å². The second-order valence-corrected chi connectivity index (χ2v) is 14.7. The number of rotatable bonds is 4. The molecule has 2 aromatic heterocycles. The third-order valence-electron chi connectivity index (χ3n) is 10.9. The normalized spacial score (nSPS) is 14.7. The third-order valence-corrected chi connectivity index (χ3v) is 12.1.